The predicted octanol–water partition coefficient (Wildman–Crippen LogP) is 4.27. The third-order valence-corrected chi connectivity index (χ3v) is 4.34. The van der Waals surface area contributed by atoms with Gasteiger partial charge in [-0.15, -0.1) is 0 Å². The van der Waals surface area contributed by atoms with Gasteiger partial charge in [-0.2, -0.15) is 0 Å². The van der Waals surface area contributed by atoms with E-state index < -0.39 is 0 Å². The van der Waals surface area contributed by atoms with Crippen LogP contribution in [0.25, 0.3) is 0 Å². The second kappa shape index (κ2) is 8.90. The van der Waals surface area contributed by atoms with Crippen LogP contribution in [0.5, 0.6) is 11.5 Å². The van der Waals surface area contributed by atoms with Gasteiger partial charge in [0.05, 0.1) is 19.8 Å². The van der Waals surface area contributed by atoms with Crippen molar-refractivity contribution in [1.82, 2.24) is 4.98 Å². The minimum atomic E-state index is -0.187. The first-order valence-corrected chi connectivity index (χ1v) is 8.88. The lowest BCUT2D eigenvalue weighted by Gasteiger charge is -2.11. The summed E-state index contributed by atoms with van der Waals surface area (Å²) >= 11 is 0. The Morgan fingerprint density at radius 3 is 2.46 bits per heavy atom. The largest absolute Gasteiger partial charge is 0.493 e. The van der Waals surface area contributed by atoms with E-state index in [9.17, 15) is 4.79 Å². The lowest BCUT2D eigenvalue weighted by atomic mass is 10.2. The fourth-order valence-corrected chi connectivity index (χ4v) is 2.72. The molecule has 28 heavy (non-hydrogen) atoms. The Balaban J connectivity index is 1.61. The molecule has 0 aliphatic carbocycles. The average Bonchev–Trinajstić information content (AvgIpc) is 2.74. The number of benzene rings is 2. The van der Waals surface area contributed by atoms with Gasteiger partial charge in [-0.1, -0.05) is 24.3 Å². The van der Waals surface area contributed by atoms with Crippen LogP contribution in [-0.2, 0) is 6.54 Å². The number of hydrogen-bond donors (Lipinski definition) is 2. The van der Waals surface area contributed by atoms with Crippen LogP contribution in [-0.4, -0.2) is 25.1 Å². The molecule has 1 aromatic heterocycles. The fraction of sp³-hybridized carbons (Fsp3) is 0.182. The van der Waals surface area contributed by atoms with Crippen molar-refractivity contribution in [2.75, 3.05) is 24.9 Å². The molecule has 0 fully saturated rings. The Kier molecular flexibility index (Phi) is 6.11. The van der Waals surface area contributed by atoms with Crippen LogP contribution >= 0.6 is 0 Å². The SMILES string of the molecule is COc1ccc(CNc2ccc(C(=O)Nc3ccccc3C)cn2)cc1OC. The van der Waals surface area contributed by atoms with Gasteiger partial charge in [-0.05, 0) is 48.4 Å². The molecule has 6 heteroatoms. The fourth-order valence-electron chi connectivity index (χ4n) is 2.72. The van der Waals surface area contributed by atoms with Crippen LogP contribution < -0.4 is 20.1 Å². The number of carbonyl (C=O) groups excluding carboxylic acids is 1. The summed E-state index contributed by atoms with van der Waals surface area (Å²) in [5, 5.41) is 6.14. The quantitative estimate of drug-likeness (QED) is 0.643. The Hall–Kier alpha value is -3.54. The Morgan fingerprint density at radius 2 is 1.79 bits per heavy atom. The molecule has 0 unspecified atom stereocenters. The molecule has 0 radical (unpaired) electrons. The first-order chi connectivity index (χ1) is 13.6. The summed E-state index contributed by atoms with van der Waals surface area (Å²) in [5.74, 6) is 1.86. The zero-order valence-corrected chi connectivity index (χ0v) is 16.2. The number of para-hydroxylation sites is 1. The summed E-state index contributed by atoms with van der Waals surface area (Å²) in [4.78, 5) is 16.7. The number of aryl methyl sites for hydroxylation is 1. The molecule has 3 aromatic rings. The minimum absolute atomic E-state index is 0.187. The van der Waals surface area contributed by atoms with Crippen molar-refractivity contribution in [3.05, 3.63) is 77.5 Å². The minimum Gasteiger partial charge on any atom is -0.493 e. The van der Waals surface area contributed by atoms with E-state index in [1.165, 1.54) is 0 Å². The van der Waals surface area contributed by atoms with Gasteiger partial charge in [-0.3, -0.25) is 4.79 Å². The predicted molar refractivity (Wildman–Crippen MR) is 110 cm³/mol. The zero-order valence-electron chi connectivity index (χ0n) is 16.2. The molecule has 0 bridgehead atoms. The van der Waals surface area contributed by atoms with E-state index in [1.54, 1.807) is 32.5 Å². The van der Waals surface area contributed by atoms with Gasteiger partial charge in [0.1, 0.15) is 5.82 Å². The van der Waals surface area contributed by atoms with Gasteiger partial charge in [0.2, 0.25) is 0 Å². The molecule has 6 nitrogen and oxygen atoms in total. The van der Waals surface area contributed by atoms with E-state index in [4.69, 9.17) is 9.47 Å². The maximum atomic E-state index is 12.4. The molecule has 0 saturated carbocycles. The number of pyridine rings is 1. The van der Waals surface area contributed by atoms with Crippen molar-refractivity contribution in [3.63, 3.8) is 0 Å². The monoisotopic (exact) mass is 377 g/mol. The number of amides is 1. The van der Waals surface area contributed by atoms with Crippen molar-refractivity contribution < 1.29 is 14.3 Å². The number of nitrogens with zero attached hydrogens (tertiary/aromatic N) is 1. The Bertz CT molecular complexity index is 955. The highest BCUT2D eigenvalue weighted by Crippen LogP contribution is 2.27. The van der Waals surface area contributed by atoms with E-state index >= 15 is 0 Å². The van der Waals surface area contributed by atoms with Crippen molar-refractivity contribution in [2.45, 2.75) is 13.5 Å². The molecule has 1 heterocycles. The van der Waals surface area contributed by atoms with E-state index in [0.29, 0.717) is 29.4 Å². The van der Waals surface area contributed by atoms with E-state index in [2.05, 4.69) is 15.6 Å². The number of hydrogen-bond acceptors (Lipinski definition) is 5. The Labute approximate surface area is 164 Å². The summed E-state index contributed by atoms with van der Waals surface area (Å²) in [5.41, 5.74) is 3.33. The topological polar surface area (TPSA) is 72.5 Å². The third-order valence-electron chi connectivity index (χ3n) is 4.34. The van der Waals surface area contributed by atoms with Crippen LogP contribution in [0.3, 0.4) is 0 Å². The smallest absolute Gasteiger partial charge is 0.257 e. The first kappa shape index (κ1) is 19.2. The molecule has 2 aromatic carbocycles. The number of anilines is 2. The number of methoxy groups -OCH3 is 2. The van der Waals surface area contributed by atoms with Crippen LogP contribution in [0.2, 0.25) is 0 Å². The van der Waals surface area contributed by atoms with Gasteiger partial charge in [0.25, 0.3) is 5.91 Å². The van der Waals surface area contributed by atoms with Gasteiger partial charge >= 0.3 is 0 Å². The molecule has 3 rings (SSSR count). The molecular formula is C22H23N3O3. The second-order valence-corrected chi connectivity index (χ2v) is 6.24. The molecule has 0 aliphatic rings. The van der Waals surface area contributed by atoms with E-state index in [-0.39, 0.29) is 5.91 Å². The van der Waals surface area contributed by atoms with Crippen LogP contribution in [0.4, 0.5) is 11.5 Å². The van der Waals surface area contributed by atoms with E-state index in [0.717, 1.165) is 16.8 Å². The van der Waals surface area contributed by atoms with Crippen LogP contribution in [0, 0.1) is 6.92 Å². The standard InChI is InChI=1S/C22H23N3O3/c1-15-6-4-5-7-18(15)25-22(26)17-9-11-21(24-14-17)23-13-16-8-10-19(27-2)20(12-16)28-3/h4-12,14H,13H2,1-3H3,(H,23,24)(H,25,26). The second-order valence-electron chi connectivity index (χ2n) is 6.24. The maximum absolute atomic E-state index is 12.4. The Morgan fingerprint density at radius 1 is 1.00 bits per heavy atom. The molecule has 0 atom stereocenters. The number of ether oxygens (including phenoxy) is 2. The van der Waals surface area contributed by atoms with E-state index in [1.807, 2.05) is 49.4 Å². The summed E-state index contributed by atoms with van der Waals surface area (Å²) in [6, 6.07) is 16.9. The van der Waals surface area contributed by atoms with Crippen molar-refractivity contribution >= 4 is 17.4 Å². The van der Waals surface area contributed by atoms with Crippen LogP contribution in [0.1, 0.15) is 21.5 Å². The molecule has 0 aliphatic heterocycles. The third kappa shape index (κ3) is 4.59. The molecule has 0 spiro atoms. The zero-order chi connectivity index (χ0) is 19.9. The number of rotatable bonds is 7. The highest BCUT2D eigenvalue weighted by molar-refractivity contribution is 6.04. The average molecular weight is 377 g/mol. The van der Waals surface area contributed by atoms with Crippen LogP contribution in [0.15, 0.2) is 60.8 Å². The van der Waals surface area contributed by atoms with Crippen molar-refractivity contribution in [1.29, 1.82) is 0 Å². The van der Waals surface area contributed by atoms with Gasteiger partial charge in [-0.25, -0.2) is 4.98 Å². The number of aromatic nitrogens is 1. The lowest BCUT2D eigenvalue weighted by molar-refractivity contribution is 0.102. The first-order valence-electron chi connectivity index (χ1n) is 8.88. The molecule has 144 valence electrons. The molecule has 2 N–H and O–H groups in total. The number of carbonyl (C=O) groups is 1. The van der Waals surface area contributed by atoms with Gasteiger partial charge in [0.15, 0.2) is 11.5 Å². The lowest BCUT2D eigenvalue weighted by Crippen LogP contribution is -2.13. The molecular weight excluding hydrogens is 354 g/mol. The van der Waals surface area contributed by atoms with Crippen molar-refractivity contribution in [3.8, 4) is 11.5 Å². The summed E-state index contributed by atoms with van der Waals surface area (Å²) in [7, 11) is 3.22. The number of nitrogens with one attached hydrogen (secondary N) is 2. The van der Waals surface area contributed by atoms with Gasteiger partial charge < -0.3 is 20.1 Å². The molecule has 1 amide bonds. The van der Waals surface area contributed by atoms with Crippen molar-refractivity contribution in [2.24, 2.45) is 0 Å². The highest BCUT2D eigenvalue weighted by Gasteiger charge is 2.09. The molecule has 0 saturated heterocycles. The summed E-state index contributed by atoms with van der Waals surface area (Å²) in [6.45, 7) is 2.52. The summed E-state index contributed by atoms with van der Waals surface area (Å²) in [6.07, 6.45) is 1.56. The van der Waals surface area contributed by atoms with Gasteiger partial charge in [0, 0.05) is 18.4 Å². The summed E-state index contributed by atoms with van der Waals surface area (Å²) < 4.78 is 10.6. The normalized spacial score (nSPS) is 10.2. The maximum Gasteiger partial charge on any atom is 0.257 e. The highest BCUT2D eigenvalue weighted by atomic mass is 16.5.